The van der Waals surface area contributed by atoms with Crippen molar-refractivity contribution in [3.63, 3.8) is 0 Å². The van der Waals surface area contributed by atoms with E-state index in [1.165, 1.54) is 10.9 Å². The Labute approximate surface area is 216 Å². The van der Waals surface area contributed by atoms with Gasteiger partial charge < -0.3 is 25.0 Å². The monoisotopic (exact) mass is 528 g/mol. The molecule has 0 bridgehead atoms. The van der Waals surface area contributed by atoms with Crippen LogP contribution >= 0.6 is 11.3 Å². The maximum absolute atomic E-state index is 13.5. The number of aliphatic hydroxyl groups is 1. The lowest BCUT2D eigenvalue weighted by molar-refractivity contribution is -0.159. The van der Waals surface area contributed by atoms with E-state index in [1.807, 2.05) is 36.5 Å². The van der Waals surface area contributed by atoms with Gasteiger partial charge in [0.15, 0.2) is 0 Å². The number of halogens is 1. The summed E-state index contributed by atoms with van der Waals surface area (Å²) in [6, 6.07) is 15.5. The Bertz CT molecular complexity index is 1370. The van der Waals surface area contributed by atoms with Crippen LogP contribution in [0, 0.1) is 5.82 Å². The van der Waals surface area contributed by atoms with Gasteiger partial charge in [-0.3, -0.25) is 4.90 Å². The molecule has 3 heterocycles. The van der Waals surface area contributed by atoms with Crippen molar-refractivity contribution >= 4 is 44.3 Å². The molecule has 0 spiro atoms. The molecule has 10 heteroatoms. The number of fused-ring (bicyclic) bond motifs is 2. The van der Waals surface area contributed by atoms with E-state index in [9.17, 15) is 9.50 Å². The molecule has 1 saturated heterocycles. The van der Waals surface area contributed by atoms with E-state index in [0.29, 0.717) is 18.5 Å². The quantitative estimate of drug-likeness (QED) is 0.268. The fourth-order valence-electron chi connectivity index (χ4n) is 4.67. The first kappa shape index (κ1) is 26.6. The highest BCUT2D eigenvalue weighted by atomic mass is 32.1. The number of aromatic nitrogens is 1. The smallest absolute Gasteiger partial charge is 0.414 e. The summed E-state index contributed by atoms with van der Waals surface area (Å²) in [5, 5.41) is 27.5. The lowest BCUT2D eigenvalue weighted by atomic mass is 9.90. The van der Waals surface area contributed by atoms with Gasteiger partial charge in [-0.25, -0.2) is 14.0 Å². The molecule has 4 aromatic rings. The number of aliphatic hydroxyl groups excluding tert-OH is 1. The molecule has 5 rings (SSSR count). The predicted octanol–water partition coefficient (Wildman–Crippen LogP) is 4.69. The summed E-state index contributed by atoms with van der Waals surface area (Å²) < 4.78 is 20.5. The van der Waals surface area contributed by atoms with E-state index in [0.717, 1.165) is 46.1 Å². The number of carboxylic acid groups (broad SMARTS) is 2. The molecule has 1 aliphatic heterocycles. The van der Waals surface area contributed by atoms with Gasteiger partial charge in [-0.15, -0.1) is 11.3 Å². The minimum absolute atomic E-state index is 0.173. The molecule has 0 saturated carbocycles. The van der Waals surface area contributed by atoms with Crippen molar-refractivity contribution in [3.05, 3.63) is 65.4 Å². The van der Waals surface area contributed by atoms with E-state index in [4.69, 9.17) is 24.5 Å². The van der Waals surface area contributed by atoms with Gasteiger partial charge in [0.25, 0.3) is 0 Å². The molecule has 0 amide bonds. The lowest BCUT2D eigenvalue weighted by Gasteiger charge is -2.38. The van der Waals surface area contributed by atoms with Crippen molar-refractivity contribution in [2.45, 2.75) is 37.8 Å². The number of H-pyrrole nitrogens is 1. The number of rotatable bonds is 6. The zero-order chi connectivity index (χ0) is 26.5. The SMILES string of the molecule is C[C@@H]1C[C@@H](c2cc3ccc(F)cc3s2)CCN1C[C@H](O)COc1cccc2[nH]ccc12.O=C(O)C(=O)O. The average molecular weight is 529 g/mol. The second kappa shape index (κ2) is 11.7. The second-order valence-electron chi connectivity index (χ2n) is 9.17. The number of carbonyl (C=O) groups is 2. The standard InChI is InChI=1S/C25H27FN2O2S.C2H2O4/c1-16-11-18(24-12-17-5-6-19(26)13-25(17)31-24)8-10-28(16)14-20(29)15-30-23-4-2-3-22-21(23)7-9-27-22;3-1(4)2(5)6/h2-7,9,12-13,16,18,20,27,29H,8,10-11,14-15H2,1H3;(H,3,4)(H,5,6)/t16-,18+,20+;/m1./s1. The number of hydrogen-bond donors (Lipinski definition) is 4. The van der Waals surface area contributed by atoms with Crippen LogP contribution in [0.3, 0.4) is 0 Å². The number of benzene rings is 2. The van der Waals surface area contributed by atoms with E-state index in [1.54, 1.807) is 17.4 Å². The summed E-state index contributed by atoms with van der Waals surface area (Å²) in [6.45, 7) is 4.06. The molecule has 0 unspecified atom stereocenters. The summed E-state index contributed by atoms with van der Waals surface area (Å²) >= 11 is 1.71. The molecule has 1 fully saturated rings. The summed E-state index contributed by atoms with van der Waals surface area (Å²) in [4.78, 5) is 25.1. The molecule has 2 aromatic heterocycles. The Hall–Kier alpha value is -3.47. The van der Waals surface area contributed by atoms with Crippen LogP contribution in [0.1, 0.15) is 30.6 Å². The number of ether oxygens (including phenoxy) is 1. The van der Waals surface area contributed by atoms with Crippen LogP contribution in [0.2, 0.25) is 0 Å². The van der Waals surface area contributed by atoms with Gasteiger partial charge in [0, 0.05) is 39.3 Å². The Kier molecular flexibility index (Phi) is 8.42. The highest BCUT2D eigenvalue weighted by molar-refractivity contribution is 7.19. The normalized spacial score (nSPS) is 18.8. The van der Waals surface area contributed by atoms with Gasteiger partial charge in [-0.05, 0) is 74.0 Å². The molecule has 37 heavy (non-hydrogen) atoms. The van der Waals surface area contributed by atoms with Gasteiger partial charge >= 0.3 is 11.9 Å². The Balaban J connectivity index is 0.000000480. The number of carboxylic acids is 2. The molecular weight excluding hydrogens is 499 g/mol. The molecular formula is C27H29FN2O6S. The average Bonchev–Trinajstić information content (AvgIpc) is 3.51. The third-order valence-electron chi connectivity index (χ3n) is 6.53. The van der Waals surface area contributed by atoms with Crippen LogP contribution in [0.5, 0.6) is 5.75 Å². The molecule has 0 aliphatic carbocycles. The van der Waals surface area contributed by atoms with E-state index < -0.39 is 18.0 Å². The Morgan fingerprint density at radius 3 is 2.70 bits per heavy atom. The molecule has 8 nitrogen and oxygen atoms in total. The molecule has 3 atom stereocenters. The largest absolute Gasteiger partial charge is 0.490 e. The van der Waals surface area contributed by atoms with E-state index >= 15 is 0 Å². The number of hydrogen-bond acceptors (Lipinski definition) is 6. The number of nitrogens with one attached hydrogen (secondary N) is 1. The Morgan fingerprint density at radius 2 is 1.97 bits per heavy atom. The van der Waals surface area contributed by atoms with Gasteiger partial charge in [0.1, 0.15) is 24.3 Å². The van der Waals surface area contributed by atoms with Crippen molar-refractivity contribution < 1.29 is 34.0 Å². The van der Waals surface area contributed by atoms with Crippen molar-refractivity contribution in [2.75, 3.05) is 19.7 Å². The maximum Gasteiger partial charge on any atom is 0.414 e. The molecule has 2 aromatic carbocycles. The zero-order valence-electron chi connectivity index (χ0n) is 20.3. The second-order valence-corrected chi connectivity index (χ2v) is 10.3. The van der Waals surface area contributed by atoms with Crippen LogP contribution in [0.4, 0.5) is 4.39 Å². The summed E-state index contributed by atoms with van der Waals surface area (Å²) in [6.07, 6.45) is 3.45. The van der Waals surface area contributed by atoms with Crippen molar-refractivity contribution in [1.29, 1.82) is 0 Å². The minimum Gasteiger partial charge on any atom is -0.490 e. The number of piperidine rings is 1. The third-order valence-corrected chi connectivity index (χ3v) is 7.79. The fourth-order valence-corrected chi connectivity index (χ4v) is 5.91. The van der Waals surface area contributed by atoms with E-state index in [2.05, 4.69) is 22.9 Å². The summed E-state index contributed by atoms with van der Waals surface area (Å²) in [5.41, 5.74) is 1.03. The summed E-state index contributed by atoms with van der Waals surface area (Å²) in [5.74, 6) is -2.53. The van der Waals surface area contributed by atoms with Crippen LogP contribution < -0.4 is 4.74 Å². The number of β-amino-alcohol motifs (C(OH)–C–C–N with tert-alkyl or cyclic N) is 1. The number of nitrogens with zero attached hydrogens (tertiary/aromatic N) is 1. The van der Waals surface area contributed by atoms with Crippen LogP contribution in [-0.2, 0) is 9.59 Å². The number of aliphatic carboxylic acids is 2. The third kappa shape index (κ3) is 6.65. The van der Waals surface area contributed by atoms with Gasteiger partial charge in [0.05, 0.1) is 0 Å². The number of thiophene rings is 1. The molecule has 196 valence electrons. The number of aromatic amines is 1. The zero-order valence-corrected chi connectivity index (χ0v) is 21.1. The lowest BCUT2D eigenvalue weighted by Crippen LogP contribution is -2.45. The van der Waals surface area contributed by atoms with Gasteiger partial charge in [-0.2, -0.15) is 0 Å². The summed E-state index contributed by atoms with van der Waals surface area (Å²) in [7, 11) is 0. The van der Waals surface area contributed by atoms with Crippen LogP contribution in [0.25, 0.3) is 21.0 Å². The van der Waals surface area contributed by atoms with E-state index in [-0.39, 0.29) is 12.4 Å². The highest BCUT2D eigenvalue weighted by Crippen LogP contribution is 2.38. The Morgan fingerprint density at radius 1 is 1.19 bits per heavy atom. The number of likely N-dealkylation sites (tertiary alicyclic amines) is 1. The van der Waals surface area contributed by atoms with Crippen LogP contribution in [0.15, 0.2) is 54.7 Å². The van der Waals surface area contributed by atoms with Crippen molar-refractivity contribution in [1.82, 2.24) is 9.88 Å². The first-order valence-corrected chi connectivity index (χ1v) is 12.8. The topological polar surface area (TPSA) is 123 Å². The minimum atomic E-state index is -1.82. The predicted molar refractivity (Wildman–Crippen MR) is 140 cm³/mol. The first-order valence-electron chi connectivity index (χ1n) is 12.0. The molecule has 1 aliphatic rings. The maximum atomic E-state index is 13.5. The van der Waals surface area contributed by atoms with Crippen LogP contribution in [-0.4, -0.2) is 69.0 Å². The highest BCUT2D eigenvalue weighted by Gasteiger charge is 2.29. The molecule has 4 N–H and O–H groups in total. The van der Waals surface area contributed by atoms with Gasteiger partial charge in [-0.1, -0.05) is 12.1 Å². The van der Waals surface area contributed by atoms with Crippen molar-refractivity contribution in [2.24, 2.45) is 0 Å². The van der Waals surface area contributed by atoms with Crippen molar-refractivity contribution in [3.8, 4) is 5.75 Å². The molecule has 0 radical (unpaired) electrons. The first-order chi connectivity index (χ1) is 17.7. The van der Waals surface area contributed by atoms with Gasteiger partial charge in [0.2, 0.25) is 0 Å². The fraction of sp³-hybridized carbons (Fsp3) is 0.333.